The second kappa shape index (κ2) is 10.2. The van der Waals surface area contributed by atoms with Gasteiger partial charge in [-0.25, -0.2) is 0 Å². The molecule has 0 aliphatic carbocycles. The first kappa shape index (κ1) is 20.4. The predicted octanol–water partition coefficient (Wildman–Crippen LogP) is 2.49. The first-order valence-corrected chi connectivity index (χ1v) is 9.90. The normalized spacial score (nSPS) is 16.0. The second-order valence-corrected chi connectivity index (χ2v) is 7.33. The first-order valence-electron chi connectivity index (χ1n) is 9.90. The summed E-state index contributed by atoms with van der Waals surface area (Å²) >= 11 is 0. The van der Waals surface area contributed by atoms with Crippen molar-refractivity contribution in [3.8, 4) is 0 Å². The van der Waals surface area contributed by atoms with E-state index in [0.717, 1.165) is 50.9 Å². The summed E-state index contributed by atoms with van der Waals surface area (Å²) in [5.41, 5.74) is 3.42. The Balaban J connectivity index is 1.43. The highest BCUT2D eigenvalue weighted by Gasteiger charge is 2.20. The molecule has 7 heteroatoms. The quantitative estimate of drug-likeness (QED) is 0.584. The number of ether oxygens (including phenoxy) is 1. The van der Waals surface area contributed by atoms with Gasteiger partial charge in [-0.2, -0.15) is 0 Å². The van der Waals surface area contributed by atoms with Gasteiger partial charge in [-0.3, -0.25) is 9.89 Å². The number of hydrogen-bond donors (Lipinski definition) is 1. The third-order valence-corrected chi connectivity index (χ3v) is 4.82. The Morgan fingerprint density at radius 3 is 2.46 bits per heavy atom. The van der Waals surface area contributed by atoms with Crippen LogP contribution in [-0.2, 0) is 24.4 Å². The summed E-state index contributed by atoms with van der Waals surface area (Å²) in [7, 11) is 1.84. The number of aliphatic imine (C=N–C) groups is 1. The summed E-state index contributed by atoms with van der Waals surface area (Å²) in [6.07, 6.45) is 1.88. The monoisotopic (exact) mass is 385 g/mol. The topological polar surface area (TPSA) is 66.1 Å². The van der Waals surface area contributed by atoms with Gasteiger partial charge in [0.1, 0.15) is 6.26 Å². The third kappa shape index (κ3) is 6.07. The third-order valence-electron chi connectivity index (χ3n) is 4.82. The van der Waals surface area contributed by atoms with Crippen molar-refractivity contribution in [1.29, 1.82) is 0 Å². The van der Waals surface area contributed by atoms with Crippen molar-refractivity contribution in [2.24, 2.45) is 4.99 Å². The van der Waals surface area contributed by atoms with Crippen LogP contribution >= 0.6 is 0 Å². The van der Waals surface area contributed by atoms with E-state index < -0.39 is 0 Å². The van der Waals surface area contributed by atoms with E-state index in [1.54, 1.807) is 6.26 Å². The molecule has 1 aromatic carbocycles. The fourth-order valence-corrected chi connectivity index (χ4v) is 3.20. The Kier molecular flexibility index (Phi) is 7.45. The fraction of sp³-hybridized carbons (Fsp3) is 0.524. The lowest BCUT2D eigenvalue weighted by Gasteiger charge is -2.36. The van der Waals surface area contributed by atoms with E-state index in [4.69, 9.17) is 9.26 Å². The van der Waals surface area contributed by atoms with E-state index in [1.165, 1.54) is 11.1 Å². The average molecular weight is 386 g/mol. The zero-order valence-corrected chi connectivity index (χ0v) is 17.1. The summed E-state index contributed by atoms with van der Waals surface area (Å²) in [4.78, 5) is 9.16. The lowest BCUT2D eigenvalue weighted by molar-refractivity contribution is 0.0657. The molecule has 1 aliphatic heterocycles. The van der Waals surface area contributed by atoms with Gasteiger partial charge in [-0.05, 0) is 25.0 Å². The minimum atomic E-state index is 0.251. The summed E-state index contributed by atoms with van der Waals surface area (Å²) in [6, 6.07) is 10.5. The molecule has 3 rings (SSSR count). The molecule has 0 bridgehead atoms. The minimum absolute atomic E-state index is 0.251. The Morgan fingerprint density at radius 1 is 1.14 bits per heavy atom. The largest absolute Gasteiger partial charge is 0.374 e. The Morgan fingerprint density at radius 2 is 1.86 bits per heavy atom. The van der Waals surface area contributed by atoms with Gasteiger partial charge in [-0.1, -0.05) is 29.4 Å². The van der Waals surface area contributed by atoms with E-state index >= 15 is 0 Å². The fourth-order valence-electron chi connectivity index (χ4n) is 3.20. The molecular formula is C21H31N5O2. The summed E-state index contributed by atoms with van der Waals surface area (Å²) in [6.45, 7) is 10.2. The Labute approximate surface area is 167 Å². The van der Waals surface area contributed by atoms with Crippen LogP contribution in [0, 0.1) is 0 Å². The molecular weight excluding hydrogens is 354 g/mol. The number of guanidine groups is 1. The van der Waals surface area contributed by atoms with Crippen molar-refractivity contribution >= 4 is 5.96 Å². The number of nitrogens with zero attached hydrogens (tertiary/aromatic N) is 4. The van der Waals surface area contributed by atoms with Gasteiger partial charge in [0, 0.05) is 52.4 Å². The lowest BCUT2D eigenvalue weighted by Crippen LogP contribution is -2.52. The van der Waals surface area contributed by atoms with E-state index in [1.807, 2.05) is 13.1 Å². The number of aromatic nitrogens is 1. The van der Waals surface area contributed by atoms with Gasteiger partial charge in [0.2, 0.25) is 0 Å². The van der Waals surface area contributed by atoms with Crippen LogP contribution in [0.4, 0.5) is 0 Å². The number of nitrogens with one attached hydrogen (secondary N) is 1. The maximum absolute atomic E-state index is 5.65. The molecule has 2 aromatic rings. The maximum Gasteiger partial charge on any atom is 0.194 e. The maximum atomic E-state index is 5.65. The van der Waals surface area contributed by atoms with E-state index in [9.17, 15) is 0 Å². The first-order chi connectivity index (χ1) is 13.6. The summed E-state index contributed by atoms with van der Waals surface area (Å²) in [5, 5.41) is 7.48. The lowest BCUT2D eigenvalue weighted by atomic mass is 10.1. The van der Waals surface area contributed by atoms with Crippen LogP contribution in [0.5, 0.6) is 0 Å². The average Bonchev–Trinajstić information content (AvgIpc) is 3.22. The van der Waals surface area contributed by atoms with Crippen molar-refractivity contribution < 1.29 is 9.26 Å². The van der Waals surface area contributed by atoms with Crippen LogP contribution in [0.2, 0.25) is 0 Å². The van der Waals surface area contributed by atoms with Crippen molar-refractivity contribution in [3.63, 3.8) is 0 Å². The highest BCUT2D eigenvalue weighted by Crippen LogP contribution is 2.09. The van der Waals surface area contributed by atoms with E-state index in [0.29, 0.717) is 6.61 Å². The highest BCUT2D eigenvalue weighted by atomic mass is 16.5. The molecule has 0 atom stereocenters. The minimum Gasteiger partial charge on any atom is -0.374 e. The van der Waals surface area contributed by atoms with Crippen LogP contribution in [0.25, 0.3) is 0 Å². The van der Waals surface area contributed by atoms with Crippen molar-refractivity contribution in [2.45, 2.75) is 39.6 Å². The molecule has 1 aliphatic rings. The van der Waals surface area contributed by atoms with E-state index in [-0.39, 0.29) is 6.10 Å². The van der Waals surface area contributed by atoms with Crippen LogP contribution in [-0.4, -0.2) is 60.2 Å². The van der Waals surface area contributed by atoms with Crippen molar-refractivity contribution in [2.75, 3.05) is 33.2 Å². The van der Waals surface area contributed by atoms with Gasteiger partial charge in [-0.15, -0.1) is 0 Å². The summed E-state index contributed by atoms with van der Waals surface area (Å²) in [5.74, 6) is 0.952. The van der Waals surface area contributed by atoms with Gasteiger partial charge >= 0.3 is 0 Å². The van der Waals surface area contributed by atoms with Crippen LogP contribution in [0.1, 0.15) is 30.7 Å². The Bertz CT molecular complexity index is 720. The molecule has 152 valence electrons. The molecule has 0 unspecified atom stereocenters. The molecule has 2 heterocycles. The molecule has 0 saturated carbocycles. The van der Waals surface area contributed by atoms with Crippen LogP contribution < -0.4 is 5.32 Å². The molecule has 1 aromatic heterocycles. The summed E-state index contributed by atoms with van der Waals surface area (Å²) < 4.78 is 10.6. The number of benzene rings is 1. The van der Waals surface area contributed by atoms with Gasteiger partial charge in [0.25, 0.3) is 0 Å². The zero-order valence-electron chi connectivity index (χ0n) is 17.1. The smallest absolute Gasteiger partial charge is 0.194 e. The van der Waals surface area contributed by atoms with Crippen LogP contribution in [0.15, 0.2) is 46.1 Å². The standard InChI is InChI=1S/C21H31N5O2/c1-17(2)27-16-19-6-4-18(5-7-19)14-23-21(22-3)26-11-9-25(10-12-26)15-20-8-13-28-24-20/h4-8,13,17H,9-12,14-16H2,1-3H3,(H,22,23). The molecule has 1 saturated heterocycles. The highest BCUT2D eigenvalue weighted by molar-refractivity contribution is 5.80. The van der Waals surface area contributed by atoms with Crippen molar-refractivity contribution in [1.82, 2.24) is 20.3 Å². The molecule has 0 amide bonds. The van der Waals surface area contributed by atoms with Gasteiger partial charge < -0.3 is 19.5 Å². The predicted molar refractivity (Wildman–Crippen MR) is 110 cm³/mol. The molecule has 0 radical (unpaired) electrons. The molecule has 0 spiro atoms. The SMILES string of the molecule is CN=C(NCc1ccc(COC(C)C)cc1)N1CCN(Cc2ccon2)CC1. The van der Waals surface area contributed by atoms with Gasteiger partial charge in [0.15, 0.2) is 5.96 Å². The number of piperazine rings is 1. The molecule has 28 heavy (non-hydrogen) atoms. The molecule has 1 N–H and O–H groups in total. The number of hydrogen-bond acceptors (Lipinski definition) is 5. The van der Waals surface area contributed by atoms with Crippen molar-refractivity contribution in [3.05, 3.63) is 53.4 Å². The molecule has 1 fully saturated rings. The molecule has 7 nitrogen and oxygen atoms in total. The Hall–Kier alpha value is -2.38. The number of rotatable bonds is 7. The van der Waals surface area contributed by atoms with E-state index in [2.05, 4.69) is 63.4 Å². The second-order valence-electron chi connectivity index (χ2n) is 7.33. The zero-order chi connectivity index (χ0) is 19.8. The van der Waals surface area contributed by atoms with Crippen LogP contribution in [0.3, 0.4) is 0 Å². The van der Waals surface area contributed by atoms with Gasteiger partial charge in [0.05, 0.1) is 18.4 Å².